The average molecular weight is 352 g/mol. The SMILES string of the molecule is COC(=O)C1(C(=O)OC)CC(=O)/C(=C(/C)c2cccc3ccccc23)C1. The van der Waals surface area contributed by atoms with E-state index in [1.807, 2.05) is 49.4 Å². The lowest BCUT2D eigenvalue weighted by molar-refractivity contribution is -0.169. The number of fused-ring (bicyclic) bond motifs is 1. The van der Waals surface area contributed by atoms with Gasteiger partial charge in [0.05, 0.1) is 14.2 Å². The minimum atomic E-state index is -1.60. The summed E-state index contributed by atoms with van der Waals surface area (Å²) in [5.74, 6) is -1.71. The molecule has 0 unspecified atom stereocenters. The molecule has 0 heterocycles. The van der Waals surface area contributed by atoms with Gasteiger partial charge in [-0.05, 0) is 28.8 Å². The van der Waals surface area contributed by atoms with Gasteiger partial charge in [-0.3, -0.25) is 14.4 Å². The van der Waals surface area contributed by atoms with Crippen molar-refractivity contribution in [1.82, 2.24) is 0 Å². The number of Topliss-reactive ketones (excluding diaryl/α,β-unsaturated/α-hetero) is 1. The van der Waals surface area contributed by atoms with Gasteiger partial charge >= 0.3 is 11.9 Å². The van der Waals surface area contributed by atoms with Gasteiger partial charge in [0.15, 0.2) is 11.2 Å². The molecule has 134 valence electrons. The number of hydrogen-bond donors (Lipinski definition) is 0. The van der Waals surface area contributed by atoms with E-state index in [0.29, 0.717) is 5.57 Å². The molecule has 26 heavy (non-hydrogen) atoms. The molecule has 0 radical (unpaired) electrons. The Kier molecular flexibility index (Phi) is 4.64. The summed E-state index contributed by atoms with van der Waals surface area (Å²) in [4.78, 5) is 37.3. The summed E-state index contributed by atoms with van der Waals surface area (Å²) in [7, 11) is 2.41. The van der Waals surface area contributed by atoms with E-state index < -0.39 is 17.4 Å². The van der Waals surface area contributed by atoms with Crippen molar-refractivity contribution in [3.05, 3.63) is 53.6 Å². The molecule has 0 N–H and O–H groups in total. The predicted molar refractivity (Wildman–Crippen MR) is 97.2 cm³/mol. The van der Waals surface area contributed by atoms with Crippen LogP contribution in [0.1, 0.15) is 25.3 Å². The van der Waals surface area contributed by atoms with Crippen LogP contribution in [-0.2, 0) is 23.9 Å². The van der Waals surface area contributed by atoms with Crippen molar-refractivity contribution in [3.63, 3.8) is 0 Å². The summed E-state index contributed by atoms with van der Waals surface area (Å²) >= 11 is 0. The Morgan fingerprint density at radius 3 is 2.19 bits per heavy atom. The summed E-state index contributed by atoms with van der Waals surface area (Å²) in [5.41, 5.74) is 0.553. The molecule has 3 rings (SSSR count). The number of rotatable bonds is 3. The average Bonchev–Trinajstić information content (AvgIpc) is 3.04. The van der Waals surface area contributed by atoms with Crippen molar-refractivity contribution in [1.29, 1.82) is 0 Å². The van der Waals surface area contributed by atoms with Crippen LogP contribution in [0.4, 0.5) is 0 Å². The highest BCUT2D eigenvalue weighted by Gasteiger charge is 2.56. The highest BCUT2D eigenvalue weighted by molar-refractivity contribution is 6.15. The Bertz CT molecular complexity index is 917. The molecule has 5 nitrogen and oxygen atoms in total. The van der Waals surface area contributed by atoms with Gasteiger partial charge in [0.1, 0.15) is 0 Å². The highest BCUT2D eigenvalue weighted by Crippen LogP contribution is 2.44. The van der Waals surface area contributed by atoms with Crippen LogP contribution in [0.2, 0.25) is 0 Å². The van der Waals surface area contributed by atoms with E-state index in [9.17, 15) is 14.4 Å². The molecule has 1 aliphatic carbocycles. The number of carbonyl (C=O) groups excluding carboxylic acids is 3. The molecule has 0 aliphatic heterocycles. The summed E-state index contributed by atoms with van der Waals surface area (Å²) in [5, 5.41) is 2.07. The molecular formula is C21H20O5. The van der Waals surface area contributed by atoms with Crippen molar-refractivity contribution in [2.45, 2.75) is 19.8 Å². The Morgan fingerprint density at radius 2 is 1.54 bits per heavy atom. The van der Waals surface area contributed by atoms with Gasteiger partial charge in [-0.1, -0.05) is 42.5 Å². The molecule has 0 amide bonds. The fraction of sp³-hybridized carbons (Fsp3) is 0.286. The first-order chi connectivity index (χ1) is 12.4. The fourth-order valence-corrected chi connectivity index (χ4v) is 3.66. The topological polar surface area (TPSA) is 69.7 Å². The first-order valence-corrected chi connectivity index (χ1v) is 8.32. The Labute approximate surface area is 151 Å². The first-order valence-electron chi connectivity index (χ1n) is 8.32. The standard InChI is InChI=1S/C21H20O5/c1-13(15-10-6-8-14-7-4-5-9-16(14)15)17-11-21(12-18(17)22,19(23)25-2)20(24)26-3/h4-10H,11-12H2,1-3H3/b17-13-. The molecule has 2 aromatic carbocycles. The molecule has 1 aliphatic rings. The molecular weight excluding hydrogens is 332 g/mol. The van der Waals surface area contributed by atoms with E-state index in [4.69, 9.17) is 9.47 Å². The number of ketones is 1. The van der Waals surface area contributed by atoms with E-state index in [1.165, 1.54) is 14.2 Å². The maximum atomic E-state index is 12.7. The lowest BCUT2D eigenvalue weighted by Gasteiger charge is -2.21. The molecule has 1 fully saturated rings. The van der Waals surface area contributed by atoms with Crippen molar-refractivity contribution in [3.8, 4) is 0 Å². The second-order valence-corrected chi connectivity index (χ2v) is 6.47. The zero-order valence-electron chi connectivity index (χ0n) is 15.0. The summed E-state index contributed by atoms with van der Waals surface area (Å²) in [6.45, 7) is 1.85. The normalized spacial score (nSPS) is 17.9. The molecule has 2 aromatic rings. The third-order valence-electron chi connectivity index (χ3n) is 5.08. The smallest absolute Gasteiger partial charge is 0.324 e. The maximum Gasteiger partial charge on any atom is 0.324 e. The predicted octanol–water partition coefficient (Wildman–Crippen LogP) is 3.31. The molecule has 0 atom stereocenters. The molecule has 0 aromatic heterocycles. The third-order valence-corrected chi connectivity index (χ3v) is 5.08. The van der Waals surface area contributed by atoms with Gasteiger partial charge in [0, 0.05) is 18.4 Å². The van der Waals surface area contributed by atoms with Gasteiger partial charge in [-0.15, -0.1) is 0 Å². The number of carbonyl (C=O) groups is 3. The number of benzene rings is 2. The van der Waals surface area contributed by atoms with Crippen LogP contribution in [0.3, 0.4) is 0 Å². The number of ether oxygens (including phenoxy) is 2. The van der Waals surface area contributed by atoms with Crippen molar-refractivity contribution in [2.24, 2.45) is 5.41 Å². The van der Waals surface area contributed by atoms with Crippen molar-refractivity contribution >= 4 is 34.1 Å². The molecule has 0 saturated heterocycles. The second-order valence-electron chi connectivity index (χ2n) is 6.47. The minimum absolute atomic E-state index is 0.0137. The van der Waals surface area contributed by atoms with Crippen LogP contribution >= 0.6 is 0 Å². The monoisotopic (exact) mass is 352 g/mol. The number of esters is 2. The van der Waals surface area contributed by atoms with Gasteiger partial charge in [0.2, 0.25) is 0 Å². The van der Waals surface area contributed by atoms with E-state index in [1.54, 1.807) is 0 Å². The van der Waals surface area contributed by atoms with E-state index in [2.05, 4.69) is 0 Å². The minimum Gasteiger partial charge on any atom is -0.468 e. The van der Waals surface area contributed by atoms with Gasteiger partial charge in [-0.2, -0.15) is 0 Å². The van der Waals surface area contributed by atoms with Crippen LogP contribution < -0.4 is 0 Å². The van der Waals surface area contributed by atoms with E-state index in [0.717, 1.165) is 21.9 Å². The van der Waals surface area contributed by atoms with E-state index >= 15 is 0 Å². The zero-order chi connectivity index (χ0) is 18.9. The summed E-state index contributed by atoms with van der Waals surface area (Å²) < 4.78 is 9.60. The number of allylic oxidation sites excluding steroid dienone is 2. The van der Waals surface area contributed by atoms with Crippen LogP contribution in [0, 0.1) is 5.41 Å². The largest absolute Gasteiger partial charge is 0.468 e. The third kappa shape index (κ3) is 2.69. The highest BCUT2D eigenvalue weighted by atomic mass is 16.5. The summed E-state index contributed by atoms with van der Waals surface area (Å²) in [6.07, 6.45) is -0.246. The van der Waals surface area contributed by atoms with Crippen LogP contribution in [-0.4, -0.2) is 31.9 Å². The Hall–Kier alpha value is -2.95. The molecule has 0 bridgehead atoms. The maximum absolute atomic E-state index is 12.7. The quantitative estimate of drug-likeness (QED) is 0.481. The van der Waals surface area contributed by atoms with Gasteiger partial charge < -0.3 is 9.47 Å². The van der Waals surface area contributed by atoms with Crippen LogP contribution in [0.15, 0.2) is 48.0 Å². The second kappa shape index (κ2) is 6.75. The van der Waals surface area contributed by atoms with Crippen molar-refractivity contribution < 1.29 is 23.9 Å². The Morgan fingerprint density at radius 1 is 0.923 bits per heavy atom. The lowest BCUT2D eigenvalue weighted by atomic mass is 9.85. The molecule has 5 heteroatoms. The first kappa shape index (κ1) is 17.9. The number of hydrogen-bond acceptors (Lipinski definition) is 5. The molecule has 0 spiro atoms. The Balaban J connectivity index is 2.14. The van der Waals surface area contributed by atoms with Gasteiger partial charge in [-0.25, -0.2) is 0 Å². The lowest BCUT2D eigenvalue weighted by Crippen LogP contribution is -2.39. The van der Waals surface area contributed by atoms with Gasteiger partial charge in [0.25, 0.3) is 0 Å². The zero-order valence-corrected chi connectivity index (χ0v) is 15.0. The number of methoxy groups -OCH3 is 2. The van der Waals surface area contributed by atoms with Crippen LogP contribution in [0.5, 0.6) is 0 Å². The summed E-state index contributed by atoms with van der Waals surface area (Å²) in [6, 6.07) is 13.7. The molecule has 1 saturated carbocycles. The van der Waals surface area contributed by atoms with Crippen LogP contribution in [0.25, 0.3) is 16.3 Å². The van der Waals surface area contributed by atoms with Crippen molar-refractivity contribution in [2.75, 3.05) is 14.2 Å². The van der Waals surface area contributed by atoms with E-state index in [-0.39, 0.29) is 18.6 Å². The fourth-order valence-electron chi connectivity index (χ4n) is 3.66.